The molecule has 0 amide bonds. The summed E-state index contributed by atoms with van der Waals surface area (Å²) in [7, 11) is 0. The van der Waals surface area contributed by atoms with E-state index in [1.165, 1.54) is 19.5 Å². The van der Waals surface area contributed by atoms with Gasteiger partial charge in [-0.2, -0.15) is 5.26 Å². The number of aromatic nitrogens is 2. The third kappa shape index (κ3) is 8.25. The Balaban J connectivity index is 1.85. The monoisotopic (exact) mass is 401 g/mol. The van der Waals surface area contributed by atoms with Crippen molar-refractivity contribution in [2.24, 2.45) is 5.41 Å². The molecule has 7 heteroatoms. The first-order chi connectivity index (χ1) is 13.8. The second kappa shape index (κ2) is 11.4. The molecule has 0 aromatic carbocycles. The standard InChI is InChI=1S/C22H39N7/c1-6-27(7-2)9-8-10-28-11-13-29(14-12-28)17-19-16-24-20(15-23)26-21(19)25-18-22(3,4)5/h16H,6-14,17-18H2,1-5H3,(H,24,25,26). The van der Waals surface area contributed by atoms with Crippen LogP contribution < -0.4 is 5.32 Å². The molecule has 162 valence electrons. The first kappa shape index (κ1) is 23.5. The number of hydrogen-bond donors (Lipinski definition) is 1. The summed E-state index contributed by atoms with van der Waals surface area (Å²) < 4.78 is 0. The first-order valence-corrected chi connectivity index (χ1v) is 11.0. The molecular formula is C22H39N7. The van der Waals surface area contributed by atoms with Crippen molar-refractivity contribution in [1.82, 2.24) is 24.7 Å². The maximum absolute atomic E-state index is 9.15. The molecule has 0 aliphatic carbocycles. The topological polar surface area (TPSA) is 71.3 Å². The third-order valence-corrected chi connectivity index (χ3v) is 5.45. The molecule has 1 aromatic heterocycles. The lowest BCUT2D eigenvalue weighted by molar-refractivity contribution is 0.122. The van der Waals surface area contributed by atoms with Crippen molar-refractivity contribution < 1.29 is 0 Å². The zero-order chi connectivity index (χ0) is 21.3. The molecule has 2 rings (SSSR count). The summed E-state index contributed by atoms with van der Waals surface area (Å²) in [5.41, 5.74) is 1.22. The Morgan fingerprint density at radius 1 is 1.14 bits per heavy atom. The van der Waals surface area contributed by atoms with Crippen LogP contribution in [0.3, 0.4) is 0 Å². The van der Waals surface area contributed by atoms with Gasteiger partial charge in [-0.15, -0.1) is 0 Å². The Labute approximate surface area is 177 Å². The van der Waals surface area contributed by atoms with Crippen LogP contribution in [-0.2, 0) is 6.54 Å². The van der Waals surface area contributed by atoms with E-state index in [0.29, 0.717) is 0 Å². The van der Waals surface area contributed by atoms with Crippen LogP contribution >= 0.6 is 0 Å². The van der Waals surface area contributed by atoms with E-state index >= 15 is 0 Å². The van der Waals surface area contributed by atoms with Gasteiger partial charge in [0.1, 0.15) is 11.9 Å². The van der Waals surface area contributed by atoms with Gasteiger partial charge in [0, 0.05) is 51.0 Å². The van der Waals surface area contributed by atoms with E-state index in [9.17, 15) is 0 Å². The molecule has 1 N–H and O–H groups in total. The van der Waals surface area contributed by atoms with Crippen LogP contribution in [0.25, 0.3) is 0 Å². The lowest BCUT2D eigenvalue weighted by atomic mass is 9.97. The largest absolute Gasteiger partial charge is 0.369 e. The lowest BCUT2D eigenvalue weighted by Gasteiger charge is -2.35. The third-order valence-electron chi connectivity index (χ3n) is 5.45. The smallest absolute Gasteiger partial charge is 0.234 e. The minimum Gasteiger partial charge on any atom is -0.369 e. The van der Waals surface area contributed by atoms with Crippen molar-refractivity contribution >= 4 is 5.82 Å². The van der Waals surface area contributed by atoms with Gasteiger partial charge in [-0.1, -0.05) is 34.6 Å². The van der Waals surface area contributed by atoms with Crippen LogP contribution in [0.2, 0.25) is 0 Å². The Hall–Kier alpha value is -1.75. The second-order valence-electron chi connectivity index (χ2n) is 9.09. The first-order valence-electron chi connectivity index (χ1n) is 11.0. The van der Waals surface area contributed by atoms with Crippen molar-refractivity contribution in [3.8, 4) is 6.07 Å². The molecule has 0 spiro atoms. The average molecular weight is 402 g/mol. The van der Waals surface area contributed by atoms with Crippen LogP contribution in [0.4, 0.5) is 5.82 Å². The second-order valence-corrected chi connectivity index (χ2v) is 9.09. The fraction of sp³-hybridized carbons (Fsp3) is 0.773. The van der Waals surface area contributed by atoms with Crippen molar-refractivity contribution in [2.45, 2.75) is 47.6 Å². The van der Waals surface area contributed by atoms with Crippen LogP contribution in [0, 0.1) is 16.7 Å². The molecule has 0 atom stereocenters. The summed E-state index contributed by atoms with van der Waals surface area (Å²) in [6, 6.07) is 2.05. The highest BCUT2D eigenvalue weighted by Crippen LogP contribution is 2.19. The van der Waals surface area contributed by atoms with E-state index in [-0.39, 0.29) is 11.2 Å². The predicted octanol–water partition coefficient (Wildman–Crippen LogP) is 2.66. The van der Waals surface area contributed by atoms with E-state index < -0.39 is 0 Å². The van der Waals surface area contributed by atoms with Gasteiger partial charge in [-0.25, -0.2) is 9.97 Å². The average Bonchev–Trinajstić information content (AvgIpc) is 2.71. The molecule has 2 heterocycles. The molecule has 1 saturated heterocycles. The van der Waals surface area contributed by atoms with Crippen LogP contribution in [0.1, 0.15) is 52.4 Å². The van der Waals surface area contributed by atoms with Gasteiger partial charge in [0.25, 0.3) is 0 Å². The Morgan fingerprint density at radius 2 is 1.79 bits per heavy atom. The zero-order valence-electron chi connectivity index (χ0n) is 19.0. The summed E-state index contributed by atoms with van der Waals surface area (Å²) in [5, 5.41) is 12.6. The maximum atomic E-state index is 9.15. The van der Waals surface area contributed by atoms with E-state index in [0.717, 1.165) is 63.7 Å². The highest BCUT2D eigenvalue weighted by atomic mass is 15.3. The number of anilines is 1. The molecule has 0 bridgehead atoms. The summed E-state index contributed by atoms with van der Waals surface area (Å²) in [6.45, 7) is 21.7. The van der Waals surface area contributed by atoms with Crippen molar-refractivity contribution in [3.05, 3.63) is 17.6 Å². The molecule has 29 heavy (non-hydrogen) atoms. The summed E-state index contributed by atoms with van der Waals surface area (Å²) in [6.07, 6.45) is 3.05. The normalized spacial score (nSPS) is 16.2. The highest BCUT2D eigenvalue weighted by molar-refractivity contribution is 5.44. The highest BCUT2D eigenvalue weighted by Gasteiger charge is 2.19. The molecule has 1 aliphatic rings. The summed E-state index contributed by atoms with van der Waals surface area (Å²) in [4.78, 5) is 16.2. The summed E-state index contributed by atoms with van der Waals surface area (Å²) in [5.74, 6) is 1.02. The van der Waals surface area contributed by atoms with Gasteiger partial charge in [0.15, 0.2) is 0 Å². The molecule has 0 unspecified atom stereocenters. The van der Waals surface area contributed by atoms with Crippen LogP contribution in [0.5, 0.6) is 0 Å². The van der Waals surface area contributed by atoms with Gasteiger partial charge in [-0.3, -0.25) is 4.90 Å². The molecule has 7 nitrogen and oxygen atoms in total. The van der Waals surface area contributed by atoms with E-state index in [4.69, 9.17) is 5.26 Å². The van der Waals surface area contributed by atoms with Crippen LogP contribution in [0.15, 0.2) is 6.20 Å². The van der Waals surface area contributed by atoms with Crippen molar-refractivity contribution in [3.63, 3.8) is 0 Å². The van der Waals surface area contributed by atoms with Gasteiger partial charge in [0.2, 0.25) is 5.82 Å². The molecule has 1 aromatic rings. The van der Waals surface area contributed by atoms with Gasteiger partial charge < -0.3 is 15.1 Å². The molecule has 0 radical (unpaired) electrons. The number of hydrogen-bond acceptors (Lipinski definition) is 7. The predicted molar refractivity (Wildman–Crippen MR) is 119 cm³/mol. The number of nitrogens with one attached hydrogen (secondary N) is 1. The molecule has 1 aliphatic heterocycles. The number of rotatable bonds is 10. The van der Waals surface area contributed by atoms with Gasteiger partial charge in [0.05, 0.1) is 0 Å². The molecule has 0 saturated carbocycles. The maximum Gasteiger partial charge on any atom is 0.234 e. The van der Waals surface area contributed by atoms with Crippen molar-refractivity contribution in [2.75, 3.05) is 64.2 Å². The number of nitrogens with zero attached hydrogens (tertiary/aromatic N) is 6. The quantitative estimate of drug-likeness (QED) is 0.646. The minimum absolute atomic E-state index is 0.145. The number of piperazine rings is 1. The minimum atomic E-state index is 0.145. The van der Waals surface area contributed by atoms with Gasteiger partial charge in [-0.05, 0) is 38.0 Å². The SMILES string of the molecule is CCN(CC)CCCN1CCN(Cc2cnc(C#N)nc2NCC(C)(C)C)CC1. The molecule has 1 fully saturated rings. The van der Waals surface area contributed by atoms with E-state index in [1.807, 2.05) is 6.20 Å². The van der Waals surface area contributed by atoms with E-state index in [1.54, 1.807) is 0 Å². The fourth-order valence-corrected chi connectivity index (χ4v) is 3.55. The Morgan fingerprint density at radius 3 is 2.38 bits per heavy atom. The van der Waals surface area contributed by atoms with Crippen LogP contribution in [-0.4, -0.2) is 83.6 Å². The number of nitriles is 1. The Bertz CT molecular complexity index is 650. The Kier molecular flexibility index (Phi) is 9.28. The zero-order valence-corrected chi connectivity index (χ0v) is 19.0. The van der Waals surface area contributed by atoms with E-state index in [2.05, 4.69) is 70.7 Å². The van der Waals surface area contributed by atoms with Gasteiger partial charge >= 0.3 is 0 Å². The summed E-state index contributed by atoms with van der Waals surface area (Å²) >= 11 is 0. The van der Waals surface area contributed by atoms with Crippen molar-refractivity contribution in [1.29, 1.82) is 5.26 Å². The lowest BCUT2D eigenvalue weighted by Crippen LogP contribution is -2.46. The molecular weight excluding hydrogens is 362 g/mol. The fourth-order valence-electron chi connectivity index (χ4n) is 3.55.